The first kappa shape index (κ1) is 19.0. The second-order valence-corrected chi connectivity index (χ2v) is 8.95. The fourth-order valence-electron chi connectivity index (χ4n) is 4.28. The molecule has 2 saturated heterocycles. The van der Waals surface area contributed by atoms with Crippen LogP contribution < -0.4 is 14.2 Å². The molecule has 3 heterocycles. The molecule has 1 aromatic carbocycles. The normalized spacial score (nSPS) is 24.7. The Morgan fingerprint density at radius 2 is 1.79 bits per heavy atom. The van der Waals surface area contributed by atoms with E-state index >= 15 is 0 Å². The largest absolute Gasteiger partial charge is 0.497 e. The van der Waals surface area contributed by atoms with E-state index < -0.39 is 10.0 Å². The van der Waals surface area contributed by atoms with Gasteiger partial charge in [-0.25, -0.2) is 8.42 Å². The van der Waals surface area contributed by atoms with Crippen molar-refractivity contribution in [2.75, 3.05) is 14.2 Å². The number of aromatic nitrogens is 1. The highest BCUT2D eigenvalue weighted by molar-refractivity contribution is 7.89. The summed E-state index contributed by atoms with van der Waals surface area (Å²) < 4.78 is 45.3. The van der Waals surface area contributed by atoms with Crippen molar-refractivity contribution in [3.8, 4) is 17.2 Å². The highest BCUT2D eigenvalue weighted by atomic mass is 32.2. The summed E-state index contributed by atoms with van der Waals surface area (Å²) in [5, 5.41) is 0. The Hall–Kier alpha value is -2.32. The van der Waals surface area contributed by atoms with Crippen LogP contribution in [0.1, 0.15) is 25.7 Å². The lowest BCUT2D eigenvalue weighted by atomic mass is 10.0. The topological polar surface area (TPSA) is 78.0 Å². The number of benzene rings is 1. The molecule has 2 atom stereocenters. The minimum Gasteiger partial charge on any atom is -0.497 e. The van der Waals surface area contributed by atoms with Crippen LogP contribution in [-0.2, 0) is 10.0 Å². The number of sulfonamides is 1. The molecule has 2 bridgehead atoms. The van der Waals surface area contributed by atoms with E-state index in [0.717, 1.165) is 18.6 Å². The van der Waals surface area contributed by atoms with Gasteiger partial charge < -0.3 is 14.2 Å². The van der Waals surface area contributed by atoms with Crippen molar-refractivity contribution in [3.05, 3.63) is 42.7 Å². The molecule has 7 nitrogen and oxygen atoms in total. The van der Waals surface area contributed by atoms with Crippen LogP contribution >= 0.6 is 0 Å². The smallest absolute Gasteiger partial charge is 0.247 e. The second-order valence-electron chi connectivity index (χ2n) is 7.14. The van der Waals surface area contributed by atoms with E-state index in [1.165, 1.54) is 20.3 Å². The maximum Gasteiger partial charge on any atom is 0.247 e. The van der Waals surface area contributed by atoms with Gasteiger partial charge in [0.2, 0.25) is 10.0 Å². The molecule has 0 spiro atoms. The Morgan fingerprint density at radius 3 is 2.39 bits per heavy atom. The first-order valence-corrected chi connectivity index (χ1v) is 10.8. The van der Waals surface area contributed by atoms with Crippen LogP contribution in [0, 0.1) is 0 Å². The van der Waals surface area contributed by atoms with E-state index in [1.54, 1.807) is 28.8 Å². The van der Waals surface area contributed by atoms with Crippen molar-refractivity contribution in [3.63, 3.8) is 0 Å². The fourth-order valence-corrected chi connectivity index (χ4v) is 6.35. The number of fused-ring (bicyclic) bond motifs is 2. The van der Waals surface area contributed by atoms with Gasteiger partial charge in [0.15, 0.2) is 0 Å². The summed E-state index contributed by atoms with van der Waals surface area (Å²) in [6.45, 7) is 0. The third-order valence-corrected chi connectivity index (χ3v) is 7.51. The molecule has 2 aliphatic rings. The number of rotatable bonds is 6. The lowest BCUT2D eigenvalue weighted by Gasteiger charge is -2.38. The SMILES string of the molecule is COc1ccc(OC)c(S(=O)(=O)N2C3CCC2CC(Oc2cccnc2)C3)c1. The molecule has 0 aliphatic carbocycles. The van der Waals surface area contributed by atoms with Crippen LogP contribution in [0.15, 0.2) is 47.6 Å². The van der Waals surface area contributed by atoms with Gasteiger partial charge in [0.05, 0.1) is 20.4 Å². The molecule has 8 heteroatoms. The van der Waals surface area contributed by atoms with E-state index in [-0.39, 0.29) is 23.1 Å². The molecule has 2 aromatic rings. The van der Waals surface area contributed by atoms with Gasteiger partial charge in [-0.3, -0.25) is 4.98 Å². The van der Waals surface area contributed by atoms with Gasteiger partial charge in [0.1, 0.15) is 28.2 Å². The molecule has 0 saturated carbocycles. The van der Waals surface area contributed by atoms with Gasteiger partial charge in [-0.2, -0.15) is 4.31 Å². The van der Waals surface area contributed by atoms with E-state index in [0.29, 0.717) is 24.3 Å². The summed E-state index contributed by atoms with van der Waals surface area (Å²) in [4.78, 5) is 4.23. The average Bonchev–Trinajstić information content (AvgIpc) is 3.00. The molecule has 0 radical (unpaired) electrons. The fraction of sp³-hybridized carbons (Fsp3) is 0.450. The average molecular weight is 404 g/mol. The maximum absolute atomic E-state index is 13.5. The zero-order chi connectivity index (χ0) is 19.7. The van der Waals surface area contributed by atoms with Crippen molar-refractivity contribution >= 4 is 10.0 Å². The number of pyridine rings is 1. The first-order valence-electron chi connectivity index (χ1n) is 9.35. The molecule has 0 N–H and O–H groups in total. The van der Waals surface area contributed by atoms with Crippen molar-refractivity contribution in [1.29, 1.82) is 0 Å². The molecule has 150 valence electrons. The molecule has 2 unspecified atom stereocenters. The zero-order valence-corrected chi connectivity index (χ0v) is 16.8. The molecule has 28 heavy (non-hydrogen) atoms. The third-order valence-electron chi connectivity index (χ3n) is 5.49. The molecule has 4 rings (SSSR count). The van der Waals surface area contributed by atoms with Crippen molar-refractivity contribution in [2.24, 2.45) is 0 Å². The summed E-state index contributed by atoms with van der Waals surface area (Å²) in [5.41, 5.74) is 0. The number of methoxy groups -OCH3 is 2. The summed E-state index contributed by atoms with van der Waals surface area (Å²) in [6, 6.07) is 8.40. The number of piperidine rings is 1. The van der Waals surface area contributed by atoms with Gasteiger partial charge in [-0.05, 0) is 37.1 Å². The maximum atomic E-state index is 13.5. The van der Waals surface area contributed by atoms with Gasteiger partial charge in [-0.1, -0.05) is 0 Å². The lowest BCUT2D eigenvalue weighted by molar-refractivity contribution is 0.0952. The Bertz CT molecular complexity index is 921. The second kappa shape index (κ2) is 7.60. The highest BCUT2D eigenvalue weighted by Gasteiger charge is 2.48. The number of hydrogen-bond acceptors (Lipinski definition) is 6. The predicted molar refractivity (Wildman–Crippen MR) is 103 cm³/mol. The van der Waals surface area contributed by atoms with Crippen LogP contribution in [-0.4, -0.2) is 50.1 Å². The lowest BCUT2D eigenvalue weighted by Crippen LogP contribution is -2.49. The number of hydrogen-bond donors (Lipinski definition) is 0. The molecule has 2 fully saturated rings. The first-order chi connectivity index (χ1) is 13.5. The summed E-state index contributed by atoms with van der Waals surface area (Å²) >= 11 is 0. The number of ether oxygens (including phenoxy) is 3. The van der Waals surface area contributed by atoms with Crippen LogP contribution in [0.4, 0.5) is 0 Å². The van der Waals surface area contributed by atoms with E-state index in [1.807, 2.05) is 12.1 Å². The van der Waals surface area contributed by atoms with Gasteiger partial charge >= 0.3 is 0 Å². The van der Waals surface area contributed by atoms with Crippen LogP contribution in [0.5, 0.6) is 17.2 Å². The summed E-state index contributed by atoms with van der Waals surface area (Å²) in [5.74, 6) is 1.54. The van der Waals surface area contributed by atoms with E-state index in [9.17, 15) is 8.42 Å². The van der Waals surface area contributed by atoms with Gasteiger partial charge in [0.25, 0.3) is 0 Å². The quantitative estimate of drug-likeness (QED) is 0.737. The van der Waals surface area contributed by atoms with Crippen molar-refractivity contribution in [2.45, 2.75) is 48.8 Å². The van der Waals surface area contributed by atoms with Gasteiger partial charge in [-0.15, -0.1) is 0 Å². The zero-order valence-electron chi connectivity index (χ0n) is 15.9. The van der Waals surface area contributed by atoms with E-state index in [4.69, 9.17) is 14.2 Å². The van der Waals surface area contributed by atoms with Gasteiger partial charge in [0, 0.05) is 37.2 Å². The number of nitrogens with zero attached hydrogens (tertiary/aromatic N) is 2. The van der Waals surface area contributed by atoms with Crippen molar-refractivity contribution in [1.82, 2.24) is 9.29 Å². The van der Waals surface area contributed by atoms with Crippen LogP contribution in [0.3, 0.4) is 0 Å². The molecular formula is C20H24N2O5S. The summed E-state index contributed by atoms with van der Waals surface area (Å²) in [7, 11) is -0.716. The predicted octanol–water partition coefficient (Wildman–Crippen LogP) is 2.86. The molecule has 1 aromatic heterocycles. The Balaban J connectivity index is 1.59. The third kappa shape index (κ3) is 3.42. The van der Waals surface area contributed by atoms with Crippen LogP contribution in [0.25, 0.3) is 0 Å². The Kier molecular flexibility index (Phi) is 5.16. The summed E-state index contributed by atoms with van der Waals surface area (Å²) in [6.07, 6.45) is 6.37. The Labute approximate surface area is 165 Å². The minimum atomic E-state index is -3.71. The Morgan fingerprint density at radius 1 is 1.04 bits per heavy atom. The molecule has 0 amide bonds. The van der Waals surface area contributed by atoms with Crippen LogP contribution in [0.2, 0.25) is 0 Å². The molecular weight excluding hydrogens is 380 g/mol. The minimum absolute atomic E-state index is 0.0136. The monoisotopic (exact) mass is 404 g/mol. The van der Waals surface area contributed by atoms with Crippen molar-refractivity contribution < 1.29 is 22.6 Å². The standard InChI is InChI=1S/C20H24N2O5S/c1-25-16-7-8-19(26-2)20(12-16)28(23,24)22-14-5-6-15(22)11-18(10-14)27-17-4-3-9-21-13-17/h3-4,7-9,12-15,18H,5-6,10-11H2,1-2H3. The molecule has 2 aliphatic heterocycles. The highest BCUT2D eigenvalue weighted by Crippen LogP contribution is 2.43. The van der Waals surface area contributed by atoms with E-state index in [2.05, 4.69) is 4.98 Å².